The van der Waals surface area contributed by atoms with Crippen LogP contribution in [0.3, 0.4) is 0 Å². The normalized spacial score (nSPS) is 13.9. The Balaban J connectivity index is 2.40. The molecule has 2 heteroatoms. The second kappa shape index (κ2) is 6.38. The molecular formula is C13H19NO. The fraction of sp³-hybridized carbons (Fsp3) is 0.385. The fourth-order valence-corrected chi connectivity index (χ4v) is 1.36. The highest BCUT2D eigenvalue weighted by molar-refractivity contribution is 5.52. The van der Waals surface area contributed by atoms with Crippen molar-refractivity contribution in [3.8, 4) is 0 Å². The van der Waals surface area contributed by atoms with Gasteiger partial charge in [0.2, 0.25) is 0 Å². The maximum Gasteiger partial charge on any atom is 0.0636 e. The Morgan fingerprint density at radius 3 is 2.67 bits per heavy atom. The summed E-state index contributed by atoms with van der Waals surface area (Å²) in [6.45, 7) is 5.32. The molecule has 0 amide bonds. The third-order valence-electron chi connectivity index (χ3n) is 2.06. The van der Waals surface area contributed by atoms with Crippen LogP contribution in [0.15, 0.2) is 35.9 Å². The lowest BCUT2D eigenvalue weighted by atomic mass is 10.1. The number of nitrogens with one attached hydrogen (secondary N) is 1. The van der Waals surface area contributed by atoms with Crippen LogP contribution in [0.5, 0.6) is 0 Å². The van der Waals surface area contributed by atoms with E-state index < -0.39 is 0 Å². The molecule has 0 spiro atoms. The van der Waals surface area contributed by atoms with Crippen LogP contribution in [0.2, 0.25) is 0 Å². The van der Waals surface area contributed by atoms with Gasteiger partial charge in [-0.1, -0.05) is 42.0 Å². The van der Waals surface area contributed by atoms with Gasteiger partial charge in [-0.05, 0) is 19.4 Å². The van der Waals surface area contributed by atoms with Crippen LogP contribution in [0, 0.1) is 0 Å². The molecule has 0 saturated carbocycles. The number of benzene rings is 1. The Morgan fingerprint density at radius 2 is 2.07 bits per heavy atom. The Hall–Kier alpha value is -1.12. The first-order valence-electron chi connectivity index (χ1n) is 5.29. The van der Waals surface area contributed by atoms with Crippen LogP contribution in [0.1, 0.15) is 19.4 Å². The van der Waals surface area contributed by atoms with Crippen LogP contribution >= 0.6 is 0 Å². The van der Waals surface area contributed by atoms with Crippen LogP contribution in [0.25, 0.3) is 6.08 Å². The second-order valence-electron chi connectivity index (χ2n) is 3.88. The van der Waals surface area contributed by atoms with Crippen LogP contribution in [-0.4, -0.2) is 24.3 Å². The molecule has 0 aliphatic rings. The summed E-state index contributed by atoms with van der Waals surface area (Å²) in [5.41, 5.74) is 2.48. The molecule has 2 N–H and O–H groups in total. The van der Waals surface area contributed by atoms with Crippen molar-refractivity contribution >= 4 is 6.08 Å². The maximum absolute atomic E-state index is 9.07. The van der Waals surface area contributed by atoms with Crippen LogP contribution in [0.4, 0.5) is 0 Å². The maximum atomic E-state index is 9.07. The van der Waals surface area contributed by atoms with Crippen molar-refractivity contribution < 1.29 is 5.11 Å². The molecule has 1 rings (SSSR count). The van der Waals surface area contributed by atoms with E-state index in [1.165, 1.54) is 11.1 Å². The topological polar surface area (TPSA) is 32.3 Å². The molecule has 82 valence electrons. The number of aliphatic hydroxyl groups excluding tert-OH is 1. The summed E-state index contributed by atoms with van der Waals surface area (Å²) < 4.78 is 0. The summed E-state index contributed by atoms with van der Waals surface area (Å²) in [5, 5.41) is 12.3. The molecule has 0 aliphatic carbocycles. The highest BCUT2D eigenvalue weighted by Crippen LogP contribution is 2.04. The van der Waals surface area contributed by atoms with Gasteiger partial charge in [-0.15, -0.1) is 0 Å². The lowest BCUT2D eigenvalue weighted by Gasteiger charge is -2.06. The van der Waals surface area contributed by atoms with Crippen molar-refractivity contribution in [2.75, 3.05) is 13.1 Å². The predicted octanol–water partition coefficient (Wildman–Crippen LogP) is 2.06. The van der Waals surface area contributed by atoms with Gasteiger partial charge >= 0.3 is 0 Å². The van der Waals surface area contributed by atoms with E-state index in [2.05, 4.69) is 30.4 Å². The Bertz CT molecular complexity index is 304. The zero-order valence-corrected chi connectivity index (χ0v) is 9.40. The summed E-state index contributed by atoms with van der Waals surface area (Å²) in [4.78, 5) is 0. The van der Waals surface area contributed by atoms with Gasteiger partial charge in [0.05, 0.1) is 6.10 Å². The number of hydrogen-bond acceptors (Lipinski definition) is 2. The molecule has 0 aromatic heterocycles. The van der Waals surface area contributed by atoms with Gasteiger partial charge in [0.25, 0.3) is 0 Å². The third-order valence-corrected chi connectivity index (χ3v) is 2.06. The lowest BCUT2D eigenvalue weighted by Crippen LogP contribution is -2.25. The van der Waals surface area contributed by atoms with E-state index in [9.17, 15) is 0 Å². The second-order valence-corrected chi connectivity index (χ2v) is 3.88. The third kappa shape index (κ3) is 5.35. The zero-order chi connectivity index (χ0) is 11.1. The van der Waals surface area contributed by atoms with Crippen LogP contribution < -0.4 is 5.32 Å². The number of aliphatic hydroxyl groups is 1. The molecule has 15 heavy (non-hydrogen) atoms. The highest BCUT2D eigenvalue weighted by atomic mass is 16.3. The van der Waals surface area contributed by atoms with Crippen molar-refractivity contribution in [1.29, 1.82) is 0 Å². The van der Waals surface area contributed by atoms with Gasteiger partial charge in [0.1, 0.15) is 0 Å². The van der Waals surface area contributed by atoms with E-state index in [4.69, 9.17) is 5.11 Å². The van der Waals surface area contributed by atoms with Gasteiger partial charge in [0.15, 0.2) is 0 Å². The minimum Gasteiger partial charge on any atom is -0.392 e. The van der Waals surface area contributed by atoms with E-state index in [1.54, 1.807) is 6.92 Å². The monoisotopic (exact) mass is 205 g/mol. The molecule has 0 bridgehead atoms. The van der Waals surface area contributed by atoms with Gasteiger partial charge in [-0.3, -0.25) is 0 Å². The van der Waals surface area contributed by atoms with Crippen molar-refractivity contribution in [3.63, 3.8) is 0 Å². The van der Waals surface area contributed by atoms with Crippen molar-refractivity contribution in [3.05, 3.63) is 41.5 Å². The minimum atomic E-state index is -0.283. The molecule has 0 radical (unpaired) electrons. The first-order valence-corrected chi connectivity index (χ1v) is 5.29. The molecule has 1 aromatic carbocycles. The molecular weight excluding hydrogens is 186 g/mol. The highest BCUT2D eigenvalue weighted by Gasteiger charge is 1.95. The van der Waals surface area contributed by atoms with Gasteiger partial charge < -0.3 is 10.4 Å². The quantitative estimate of drug-likeness (QED) is 0.771. The average molecular weight is 205 g/mol. The van der Waals surface area contributed by atoms with Crippen LogP contribution in [-0.2, 0) is 0 Å². The summed E-state index contributed by atoms with van der Waals surface area (Å²) in [6, 6.07) is 10.2. The van der Waals surface area contributed by atoms with Gasteiger partial charge in [-0.25, -0.2) is 0 Å². The summed E-state index contributed by atoms with van der Waals surface area (Å²) in [6.07, 6.45) is 1.87. The Morgan fingerprint density at radius 1 is 1.40 bits per heavy atom. The Kier molecular flexibility index (Phi) is 5.08. The average Bonchev–Trinajstić information content (AvgIpc) is 2.18. The molecule has 0 aliphatic heterocycles. The first-order chi connectivity index (χ1) is 7.18. The SMILES string of the molecule is CC(=Cc1ccccc1)CNCC(C)O. The first kappa shape index (κ1) is 12.0. The summed E-state index contributed by atoms with van der Waals surface area (Å²) in [5.74, 6) is 0. The van der Waals surface area contributed by atoms with E-state index in [0.717, 1.165) is 6.54 Å². The largest absolute Gasteiger partial charge is 0.392 e. The van der Waals surface area contributed by atoms with Crippen molar-refractivity contribution in [2.24, 2.45) is 0 Å². The number of hydrogen-bond donors (Lipinski definition) is 2. The molecule has 0 saturated heterocycles. The smallest absolute Gasteiger partial charge is 0.0636 e. The van der Waals surface area contributed by atoms with Gasteiger partial charge in [0, 0.05) is 13.1 Å². The van der Waals surface area contributed by atoms with E-state index in [-0.39, 0.29) is 6.10 Å². The van der Waals surface area contributed by atoms with Gasteiger partial charge in [-0.2, -0.15) is 0 Å². The molecule has 2 nitrogen and oxygen atoms in total. The van der Waals surface area contributed by atoms with E-state index in [1.807, 2.05) is 18.2 Å². The number of rotatable bonds is 5. The minimum absolute atomic E-state index is 0.283. The van der Waals surface area contributed by atoms with Crippen molar-refractivity contribution in [1.82, 2.24) is 5.32 Å². The Labute approximate surface area is 91.6 Å². The molecule has 1 atom stereocenters. The zero-order valence-electron chi connectivity index (χ0n) is 9.40. The summed E-state index contributed by atoms with van der Waals surface area (Å²) in [7, 11) is 0. The summed E-state index contributed by atoms with van der Waals surface area (Å²) >= 11 is 0. The van der Waals surface area contributed by atoms with Crippen molar-refractivity contribution in [2.45, 2.75) is 20.0 Å². The fourth-order valence-electron chi connectivity index (χ4n) is 1.36. The molecule has 1 aromatic rings. The van der Waals surface area contributed by atoms with E-state index >= 15 is 0 Å². The predicted molar refractivity (Wildman–Crippen MR) is 64.6 cm³/mol. The molecule has 0 heterocycles. The lowest BCUT2D eigenvalue weighted by molar-refractivity contribution is 0.192. The van der Waals surface area contributed by atoms with E-state index in [0.29, 0.717) is 6.54 Å². The molecule has 0 fully saturated rings. The molecule has 1 unspecified atom stereocenters. The standard InChI is InChI=1S/C13H19NO/c1-11(9-14-10-12(2)15)8-13-6-4-3-5-7-13/h3-8,12,14-15H,9-10H2,1-2H3.